The molecule has 0 amide bonds. The van der Waals surface area contributed by atoms with Gasteiger partial charge in [0.05, 0.1) is 12.6 Å². The Labute approximate surface area is 178 Å². The van der Waals surface area contributed by atoms with Crippen molar-refractivity contribution in [2.75, 3.05) is 0 Å². The van der Waals surface area contributed by atoms with Crippen LogP contribution in [0.3, 0.4) is 0 Å². The minimum absolute atomic E-state index is 0.117. The summed E-state index contributed by atoms with van der Waals surface area (Å²) in [4.78, 5) is 4.47. The van der Waals surface area contributed by atoms with E-state index in [0.717, 1.165) is 22.3 Å². The fraction of sp³-hybridized carbons (Fsp3) is 0.167. The molecule has 7 heteroatoms. The second kappa shape index (κ2) is 9.49. The number of alkyl halides is 2. The van der Waals surface area contributed by atoms with E-state index in [4.69, 9.17) is 4.52 Å². The molecule has 0 saturated heterocycles. The van der Waals surface area contributed by atoms with Crippen LogP contribution in [0, 0.1) is 6.92 Å². The first kappa shape index (κ1) is 20.7. The highest BCUT2D eigenvalue weighted by Crippen LogP contribution is 2.25. The maximum Gasteiger partial charge on any atom is 0.387 e. The minimum atomic E-state index is -2.85. The second-order valence-corrected chi connectivity index (χ2v) is 7.05. The summed E-state index contributed by atoms with van der Waals surface area (Å²) in [6, 6.07) is 24.1. The highest BCUT2D eigenvalue weighted by molar-refractivity contribution is 5.53. The quantitative estimate of drug-likeness (QED) is 0.406. The predicted molar refractivity (Wildman–Crippen MR) is 113 cm³/mol. The van der Waals surface area contributed by atoms with Crippen molar-refractivity contribution in [2.24, 2.45) is 0 Å². The van der Waals surface area contributed by atoms with Gasteiger partial charge >= 0.3 is 6.61 Å². The first-order valence-electron chi connectivity index (χ1n) is 9.81. The molecule has 0 aliphatic heterocycles. The van der Waals surface area contributed by atoms with Crippen LogP contribution in [-0.4, -0.2) is 16.8 Å². The van der Waals surface area contributed by atoms with E-state index in [-0.39, 0.29) is 11.8 Å². The molecule has 1 aromatic heterocycles. The number of benzene rings is 3. The smallest absolute Gasteiger partial charge is 0.387 e. The van der Waals surface area contributed by atoms with E-state index >= 15 is 0 Å². The summed E-state index contributed by atoms with van der Waals surface area (Å²) < 4.78 is 34.7. The van der Waals surface area contributed by atoms with Crippen molar-refractivity contribution in [1.82, 2.24) is 15.5 Å². The average Bonchev–Trinajstić information content (AvgIpc) is 3.25. The van der Waals surface area contributed by atoms with Gasteiger partial charge in [-0.3, -0.25) is 5.32 Å². The van der Waals surface area contributed by atoms with Gasteiger partial charge in [0.2, 0.25) is 0 Å². The van der Waals surface area contributed by atoms with Crippen LogP contribution < -0.4 is 10.1 Å². The van der Waals surface area contributed by atoms with Gasteiger partial charge in [0.15, 0.2) is 5.82 Å². The third kappa shape index (κ3) is 5.32. The fourth-order valence-corrected chi connectivity index (χ4v) is 3.25. The highest BCUT2D eigenvalue weighted by atomic mass is 19.3. The number of nitrogens with zero attached hydrogens (tertiary/aromatic N) is 2. The normalized spacial score (nSPS) is 12.1. The Morgan fingerprint density at radius 3 is 2.26 bits per heavy atom. The standard InChI is InChI=1S/C24H21F2N3O2/c1-16-7-9-19(10-8-16)23-28-21(29-31-23)15-27-22(17-5-3-2-4-6-17)18-11-13-20(14-12-18)30-24(25)26/h2-14,22,24,27H,15H2,1H3/t22-/m0/s1. The van der Waals surface area contributed by atoms with Crippen LogP contribution in [0.1, 0.15) is 28.6 Å². The zero-order valence-corrected chi connectivity index (χ0v) is 16.8. The number of nitrogens with one attached hydrogen (secondary N) is 1. The number of aromatic nitrogens is 2. The number of hydrogen-bond acceptors (Lipinski definition) is 5. The first-order valence-corrected chi connectivity index (χ1v) is 9.81. The van der Waals surface area contributed by atoms with Crippen LogP contribution >= 0.6 is 0 Å². The molecule has 1 atom stereocenters. The molecule has 0 radical (unpaired) electrons. The number of rotatable bonds is 8. The molecule has 0 aliphatic carbocycles. The van der Waals surface area contributed by atoms with Gasteiger partial charge in [0, 0.05) is 5.56 Å². The lowest BCUT2D eigenvalue weighted by molar-refractivity contribution is -0.0498. The van der Waals surface area contributed by atoms with Crippen molar-refractivity contribution in [2.45, 2.75) is 26.1 Å². The van der Waals surface area contributed by atoms with Gasteiger partial charge in [-0.05, 0) is 42.3 Å². The molecule has 0 saturated carbocycles. The molecule has 1 N–H and O–H groups in total. The van der Waals surface area contributed by atoms with E-state index in [1.54, 1.807) is 12.1 Å². The summed E-state index contributed by atoms with van der Waals surface area (Å²) in [6.45, 7) is -0.470. The zero-order chi connectivity index (χ0) is 21.6. The summed E-state index contributed by atoms with van der Waals surface area (Å²) in [7, 11) is 0. The number of ether oxygens (including phenoxy) is 1. The summed E-state index contributed by atoms with van der Waals surface area (Å²) in [5, 5.41) is 7.50. The van der Waals surface area contributed by atoms with Crippen molar-refractivity contribution >= 4 is 0 Å². The fourth-order valence-electron chi connectivity index (χ4n) is 3.25. The van der Waals surface area contributed by atoms with Crippen LogP contribution in [0.15, 0.2) is 83.4 Å². The molecule has 0 fully saturated rings. The van der Waals surface area contributed by atoms with Crippen molar-refractivity contribution in [3.8, 4) is 17.2 Å². The van der Waals surface area contributed by atoms with Crippen molar-refractivity contribution in [3.05, 3.63) is 101 Å². The maximum absolute atomic E-state index is 12.4. The molecule has 0 unspecified atom stereocenters. The molecule has 5 nitrogen and oxygen atoms in total. The Hall–Kier alpha value is -3.58. The van der Waals surface area contributed by atoms with E-state index in [9.17, 15) is 8.78 Å². The maximum atomic E-state index is 12.4. The van der Waals surface area contributed by atoms with Crippen LogP contribution in [0.25, 0.3) is 11.5 Å². The Morgan fingerprint density at radius 2 is 1.58 bits per heavy atom. The molecule has 4 aromatic rings. The van der Waals surface area contributed by atoms with E-state index in [2.05, 4.69) is 20.2 Å². The van der Waals surface area contributed by atoms with Gasteiger partial charge in [-0.2, -0.15) is 13.8 Å². The largest absolute Gasteiger partial charge is 0.435 e. The van der Waals surface area contributed by atoms with Crippen molar-refractivity contribution < 1.29 is 18.0 Å². The summed E-state index contributed by atoms with van der Waals surface area (Å²) in [5.41, 5.74) is 3.93. The Kier molecular flexibility index (Phi) is 6.33. The topological polar surface area (TPSA) is 60.2 Å². The molecule has 0 bridgehead atoms. The molecule has 0 spiro atoms. The molecule has 158 valence electrons. The molecule has 1 heterocycles. The molecular weight excluding hydrogens is 400 g/mol. The summed E-state index contributed by atoms with van der Waals surface area (Å²) >= 11 is 0. The lowest BCUT2D eigenvalue weighted by Gasteiger charge is -2.19. The van der Waals surface area contributed by atoms with E-state index < -0.39 is 6.61 Å². The molecule has 31 heavy (non-hydrogen) atoms. The van der Waals surface area contributed by atoms with Crippen molar-refractivity contribution in [3.63, 3.8) is 0 Å². The van der Waals surface area contributed by atoms with E-state index in [0.29, 0.717) is 18.3 Å². The Balaban J connectivity index is 1.51. The molecule has 4 rings (SSSR count). The lowest BCUT2D eigenvalue weighted by atomic mass is 9.98. The van der Waals surface area contributed by atoms with Crippen molar-refractivity contribution in [1.29, 1.82) is 0 Å². The van der Waals surface area contributed by atoms with Crippen LogP contribution in [0.4, 0.5) is 8.78 Å². The predicted octanol–water partition coefficient (Wildman–Crippen LogP) is 5.53. The number of aryl methyl sites for hydroxylation is 1. The zero-order valence-electron chi connectivity index (χ0n) is 16.8. The van der Waals surface area contributed by atoms with E-state index in [1.807, 2.05) is 61.5 Å². The highest BCUT2D eigenvalue weighted by Gasteiger charge is 2.16. The molecular formula is C24H21F2N3O2. The van der Waals surface area contributed by atoms with Gasteiger partial charge in [-0.1, -0.05) is 65.3 Å². The third-order valence-electron chi connectivity index (χ3n) is 4.80. The second-order valence-electron chi connectivity index (χ2n) is 7.05. The van der Waals surface area contributed by atoms with Crippen LogP contribution in [0.5, 0.6) is 5.75 Å². The van der Waals surface area contributed by atoms with Gasteiger partial charge in [0.1, 0.15) is 5.75 Å². The monoisotopic (exact) mass is 421 g/mol. The third-order valence-corrected chi connectivity index (χ3v) is 4.80. The van der Waals surface area contributed by atoms with Gasteiger partial charge in [0.25, 0.3) is 5.89 Å². The number of hydrogen-bond donors (Lipinski definition) is 1. The number of halogens is 2. The van der Waals surface area contributed by atoms with Gasteiger partial charge in [-0.15, -0.1) is 0 Å². The summed E-state index contributed by atoms with van der Waals surface area (Å²) in [5.74, 6) is 1.10. The van der Waals surface area contributed by atoms with Crippen LogP contribution in [0.2, 0.25) is 0 Å². The lowest BCUT2D eigenvalue weighted by Crippen LogP contribution is -2.22. The first-order chi connectivity index (χ1) is 15.1. The molecule has 3 aromatic carbocycles. The average molecular weight is 421 g/mol. The summed E-state index contributed by atoms with van der Waals surface area (Å²) in [6.07, 6.45) is 0. The minimum Gasteiger partial charge on any atom is -0.435 e. The Morgan fingerprint density at radius 1 is 0.903 bits per heavy atom. The van der Waals surface area contributed by atoms with Gasteiger partial charge in [-0.25, -0.2) is 0 Å². The van der Waals surface area contributed by atoms with Crippen LogP contribution in [-0.2, 0) is 6.54 Å². The molecule has 0 aliphatic rings. The SMILES string of the molecule is Cc1ccc(-c2nc(CN[C@@H](c3ccccc3)c3ccc(OC(F)F)cc3)no2)cc1. The Bertz CT molecular complexity index is 1100. The van der Waals surface area contributed by atoms with Gasteiger partial charge < -0.3 is 9.26 Å². The van der Waals surface area contributed by atoms with E-state index in [1.165, 1.54) is 12.1 Å².